The highest BCUT2D eigenvalue weighted by Crippen LogP contribution is 2.57. The minimum absolute atomic E-state index is 0.217. The third-order valence-corrected chi connectivity index (χ3v) is 6.65. The molecule has 0 spiro atoms. The third-order valence-electron chi connectivity index (χ3n) is 6.02. The van der Waals surface area contributed by atoms with Crippen LogP contribution in [-0.2, 0) is 4.74 Å². The van der Waals surface area contributed by atoms with Crippen molar-refractivity contribution in [2.24, 2.45) is 11.8 Å². The Kier molecular flexibility index (Phi) is 6.21. The minimum Gasteiger partial charge on any atom is -0.372 e. The van der Waals surface area contributed by atoms with Gasteiger partial charge in [-0.05, 0) is 31.6 Å². The van der Waals surface area contributed by atoms with Crippen LogP contribution in [0.2, 0.25) is 0 Å². The van der Waals surface area contributed by atoms with Gasteiger partial charge in [-0.1, -0.05) is 19.1 Å². The summed E-state index contributed by atoms with van der Waals surface area (Å²) in [5.74, 6) is 2.50. The van der Waals surface area contributed by atoms with E-state index in [-0.39, 0.29) is 11.5 Å². The number of hydrogen-bond donors (Lipinski definition) is 3. The van der Waals surface area contributed by atoms with Gasteiger partial charge in [0.15, 0.2) is 0 Å². The first-order valence-corrected chi connectivity index (χ1v) is 11.7. The number of anilines is 3. The fourth-order valence-electron chi connectivity index (χ4n) is 4.21. The maximum Gasteiger partial charge on any atom is 0.254 e. The number of carbonyl (C=O) groups excluding carboxylic acids is 1. The molecule has 2 aliphatic rings. The van der Waals surface area contributed by atoms with Gasteiger partial charge in [-0.15, -0.1) is 11.8 Å². The highest BCUT2D eigenvalue weighted by atomic mass is 32.2. The molecule has 0 saturated heterocycles. The second-order valence-electron chi connectivity index (χ2n) is 8.02. The van der Waals surface area contributed by atoms with Crippen LogP contribution in [0, 0.1) is 18.8 Å². The molecule has 1 fully saturated rings. The van der Waals surface area contributed by atoms with Crippen molar-refractivity contribution in [2.45, 2.75) is 30.9 Å². The van der Waals surface area contributed by atoms with Crippen molar-refractivity contribution in [1.82, 2.24) is 20.3 Å². The van der Waals surface area contributed by atoms with Crippen LogP contribution < -0.4 is 16.0 Å². The molecule has 0 aliphatic heterocycles. The maximum atomic E-state index is 12.5. The highest BCUT2D eigenvalue weighted by molar-refractivity contribution is 7.98. The molecule has 8 nitrogen and oxygen atoms in total. The van der Waals surface area contributed by atoms with Gasteiger partial charge < -0.3 is 20.7 Å². The standard InChI is InChI=1S/C23H28N6O2S/c1-13-7-6-8-18(23(31-4)11-16(13)23)28-17-9-19(25-12-15(17)22(30)24-3)29-20-10-21(32-5)27-14(2)26-20/h6-10,12-13,16H,11H2,1-5H3,(H,24,30)(H2,25,26,27,28,29)/t13?,16-,23-/m1/s1. The summed E-state index contributed by atoms with van der Waals surface area (Å²) >= 11 is 1.55. The topological polar surface area (TPSA) is 101 Å². The fourth-order valence-corrected chi connectivity index (χ4v) is 4.66. The molecule has 1 saturated carbocycles. The lowest BCUT2D eigenvalue weighted by Gasteiger charge is -2.23. The molecule has 2 aromatic heterocycles. The molecule has 4 rings (SSSR count). The average molecular weight is 453 g/mol. The number of methoxy groups -OCH3 is 1. The van der Waals surface area contributed by atoms with Crippen LogP contribution in [0.25, 0.3) is 0 Å². The SMILES string of the molecule is CNC(=O)c1cnc(Nc2cc(SC)nc(C)n2)cc1NC1=CC=CC(C)[C@H]2C[C@]12OC. The van der Waals surface area contributed by atoms with Crippen LogP contribution in [0.1, 0.15) is 29.5 Å². The van der Waals surface area contributed by atoms with Gasteiger partial charge in [0, 0.05) is 44.1 Å². The summed E-state index contributed by atoms with van der Waals surface area (Å²) in [6.45, 7) is 4.05. The number of pyridine rings is 1. The van der Waals surface area contributed by atoms with Gasteiger partial charge in [0.1, 0.15) is 28.1 Å². The van der Waals surface area contributed by atoms with Gasteiger partial charge in [0.25, 0.3) is 5.91 Å². The summed E-state index contributed by atoms with van der Waals surface area (Å²) in [6.07, 6.45) is 10.8. The molecule has 0 radical (unpaired) electrons. The normalized spacial score (nSPS) is 23.6. The van der Waals surface area contributed by atoms with E-state index in [1.165, 1.54) is 0 Å². The molecule has 168 valence electrons. The van der Waals surface area contributed by atoms with Crippen molar-refractivity contribution < 1.29 is 9.53 Å². The van der Waals surface area contributed by atoms with Gasteiger partial charge >= 0.3 is 0 Å². The number of carbonyl (C=O) groups is 1. The smallest absolute Gasteiger partial charge is 0.254 e. The van der Waals surface area contributed by atoms with Crippen LogP contribution in [0.15, 0.2) is 47.3 Å². The lowest BCUT2D eigenvalue weighted by molar-refractivity contribution is 0.0920. The fraction of sp³-hybridized carbons (Fsp3) is 0.391. The van der Waals surface area contributed by atoms with Crippen LogP contribution in [0.5, 0.6) is 0 Å². The van der Waals surface area contributed by atoms with E-state index in [2.05, 4.69) is 43.9 Å². The van der Waals surface area contributed by atoms with Crippen molar-refractivity contribution in [1.29, 1.82) is 0 Å². The maximum absolute atomic E-state index is 12.5. The largest absolute Gasteiger partial charge is 0.372 e. The number of thioether (sulfide) groups is 1. The first kappa shape index (κ1) is 22.3. The summed E-state index contributed by atoms with van der Waals surface area (Å²) in [5.41, 5.74) is 1.67. The molecule has 1 unspecified atom stereocenters. The summed E-state index contributed by atoms with van der Waals surface area (Å²) in [5, 5.41) is 10.3. The van der Waals surface area contributed by atoms with E-state index < -0.39 is 0 Å². The summed E-state index contributed by atoms with van der Waals surface area (Å²) in [7, 11) is 3.35. The predicted molar refractivity (Wildman–Crippen MR) is 127 cm³/mol. The zero-order valence-electron chi connectivity index (χ0n) is 18.9. The van der Waals surface area contributed by atoms with E-state index in [9.17, 15) is 4.79 Å². The Morgan fingerprint density at radius 3 is 2.78 bits per heavy atom. The second kappa shape index (κ2) is 8.91. The van der Waals surface area contributed by atoms with Crippen molar-refractivity contribution in [3.05, 3.63) is 53.6 Å². The van der Waals surface area contributed by atoms with Crippen LogP contribution in [0.4, 0.5) is 17.3 Å². The Morgan fingerprint density at radius 1 is 1.25 bits per heavy atom. The molecular weight excluding hydrogens is 424 g/mol. The number of allylic oxidation sites excluding steroid dienone is 3. The molecule has 9 heteroatoms. The van der Waals surface area contributed by atoms with Crippen LogP contribution in [-0.4, -0.2) is 46.9 Å². The minimum atomic E-state index is -0.364. The molecule has 2 aliphatic carbocycles. The Morgan fingerprint density at radius 2 is 2.06 bits per heavy atom. The zero-order valence-corrected chi connectivity index (χ0v) is 19.7. The summed E-state index contributed by atoms with van der Waals surface area (Å²) < 4.78 is 5.96. The second-order valence-corrected chi connectivity index (χ2v) is 8.84. The molecule has 3 atom stereocenters. The van der Waals surface area contributed by atoms with Gasteiger partial charge in [-0.2, -0.15) is 0 Å². The van der Waals surface area contributed by atoms with E-state index in [1.54, 1.807) is 32.1 Å². The lowest BCUT2D eigenvalue weighted by atomic mass is 10.0. The monoisotopic (exact) mass is 452 g/mol. The molecular formula is C23H28N6O2S. The Hall–Kier alpha value is -2.91. The van der Waals surface area contributed by atoms with E-state index >= 15 is 0 Å². The molecule has 0 bridgehead atoms. The number of ether oxygens (including phenoxy) is 1. The molecule has 2 heterocycles. The van der Waals surface area contributed by atoms with E-state index in [4.69, 9.17) is 4.74 Å². The van der Waals surface area contributed by atoms with Crippen molar-refractivity contribution in [3.8, 4) is 0 Å². The highest BCUT2D eigenvalue weighted by Gasteiger charge is 2.60. The first-order valence-electron chi connectivity index (χ1n) is 10.5. The van der Waals surface area contributed by atoms with Crippen LogP contribution in [0.3, 0.4) is 0 Å². The number of aryl methyl sites for hydroxylation is 1. The van der Waals surface area contributed by atoms with E-state index in [0.29, 0.717) is 40.5 Å². The van der Waals surface area contributed by atoms with Crippen LogP contribution >= 0.6 is 11.8 Å². The van der Waals surface area contributed by atoms with Gasteiger partial charge in [-0.25, -0.2) is 15.0 Å². The third kappa shape index (κ3) is 4.22. The average Bonchev–Trinajstić information content (AvgIpc) is 3.54. The Labute approximate surface area is 192 Å². The molecule has 32 heavy (non-hydrogen) atoms. The van der Waals surface area contributed by atoms with Crippen molar-refractivity contribution in [2.75, 3.05) is 31.0 Å². The number of nitrogens with one attached hydrogen (secondary N) is 3. The van der Waals surface area contributed by atoms with Gasteiger partial charge in [0.2, 0.25) is 0 Å². The van der Waals surface area contributed by atoms with Crippen molar-refractivity contribution >= 4 is 35.0 Å². The zero-order chi connectivity index (χ0) is 22.9. The first-order chi connectivity index (χ1) is 15.4. The number of hydrogen-bond acceptors (Lipinski definition) is 8. The molecule has 3 N–H and O–H groups in total. The summed E-state index contributed by atoms with van der Waals surface area (Å²) in [4.78, 5) is 25.8. The summed E-state index contributed by atoms with van der Waals surface area (Å²) in [6, 6.07) is 3.69. The van der Waals surface area contributed by atoms with Gasteiger partial charge in [0.05, 0.1) is 11.3 Å². The number of fused-ring (bicyclic) bond motifs is 1. The number of nitrogens with zero attached hydrogens (tertiary/aromatic N) is 3. The van der Waals surface area contributed by atoms with E-state index in [0.717, 1.165) is 17.1 Å². The van der Waals surface area contributed by atoms with Gasteiger partial charge in [-0.3, -0.25) is 4.79 Å². The van der Waals surface area contributed by atoms with E-state index in [1.807, 2.05) is 37.5 Å². The number of aromatic nitrogens is 3. The molecule has 2 aromatic rings. The molecule has 1 amide bonds. The Balaban J connectivity index is 1.67. The lowest BCUT2D eigenvalue weighted by Crippen LogP contribution is -2.27. The predicted octanol–water partition coefficient (Wildman–Crippen LogP) is 3.91. The Bertz CT molecular complexity index is 1100. The number of amides is 1. The quantitative estimate of drug-likeness (QED) is 0.429. The number of rotatable bonds is 7. The van der Waals surface area contributed by atoms with Crippen molar-refractivity contribution in [3.63, 3.8) is 0 Å². The molecule has 0 aromatic carbocycles.